The smallest absolute Gasteiger partial charge is 0.264 e. The van der Waals surface area contributed by atoms with Crippen LogP contribution in [-0.4, -0.2) is 57.2 Å². The zero-order chi connectivity index (χ0) is 20.8. The summed E-state index contributed by atoms with van der Waals surface area (Å²) in [7, 11) is -7.54. The highest BCUT2D eigenvalue weighted by Gasteiger charge is 1.93. The Morgan fingerprint density at radius 1 is 0.519 bits per heavy atom. The molecule has 0 aliphatic heterocycles. The lowest BCUT2D eigenvalue weighted by Crippen LogP contribution is -1.89. The first-order valence-corrected chi connectivity index (χ1v) is 8.94. The van der Waals surface area contributed by atoms with Crippen molar-refractivity contribution in [2.45, 2.75) is 0 Å². The molecule has 13 nitrogen and oxygen atoms in total. The molecule has 3 rings (SSSR count). The van der Waals surface area contributed by atoms with E-state index in [1.54, 1.807) is 74.4 Å². The van der Waals surface area contributed by atoms with Crippen LogP contribution in [0.1, 0.15) is 0 Å². The van der Waals surface area contributed by atoms with Gasteiger partial charge in [-0.25, -0.2) is 0 Å². The van der Waals surface area contributed by atoms with Gasteiger partial charge in [0.2, 0.25) is 0 Å². The fraction of sp³-hybridized carbons (Fsp3) is 0. The van der Waals surface area contributed by atoms with Gasteiger partial charge < -0.3 is 0 Å². The predicted octanol–water partition coefficient (Wildman–Crippen LogP) is 0.405. The summed E-state index contributed by atoms with van der Waals surface area (Å²) in [6.45, 7) is 0. The lowest BCUT2D eigenvalue weighted by Gasteiger charge is -1.70. The number of rotatable bonds is 0. The Balaban J connectivity index is 0. The predicted molar refractivity (Wildman–Crippen MR) is 92.3 cm³/mol. The molecule has 4 N–H and O–H groups in total. The molecule has 0 saturated heterocycles. The van der Waals surface area contributed by atoms with Crippen molar-refractivity contribution in [2.24, 2.45) is 0 Å². The van der Waals surface area contributed by atoms with Crippen LogP contribution < -0.4 is 0 Å². The molecular formula is C12H16N6O7PS+. The van der Waals surface area contributed by atoms with Gasteiger partial charge in [-0.05, 0) is 0 Å². The second-order valence-electron chi connectivity index (χ2n) is 3.38. The third-order valence-electron chi connectivity index (χ3n) is 1.43. The molecule has 0 bridgehead atoms. The summed E-state index contributed by atoms with van der Waals surface area (Å²) in [5.74, 6) is 0. The summed E-state index contributed by atoms with van der Waals surface area (Å²) in [4.78, 5) is 36.6. The highest BCUT2D eigenvalue weighted by atomic mass is 32.3. The lowest BCUT2D eigenvalue weighted by molar-refractivity contribution is 0.380. The highest BCUT2D eigenvalue weighted by molar-refractivity contribution is 7.79. The molecule has 0 saturated carbocycles. The molecule has 0 amide bonds. The molecule has 0 unspecified atom stereocenters. The minimum absolute atomic E-state index is 1.64. The van der Waals surface area contributed by atoms with Crippen LogP contribution in [0.3, 0.4) is 0 Å². The molecule has 0 radical (unpaired) electrons. The first kappa shape index (κ1) is 26.4. The van der Waals surface area contributed by atoms with Gasteiger partial charge in [0.25, 0.3) is 0 Å². The molecule has 15 heteroatoms. The SMILES string of the molecule is O=S(=O)(O)O.O=[P+](O)O.c1cnccn1.c1cnccn1.c1cnccn1. The van der Waals surface area contributed by atoms with Gasteiger partial charge in [-0.3, -0.25) is 39.0 Å². The number of hydrogen-bond acceptors (Lipinski definition) is 9. The van der Waals surface area contributed by atoms with Crippen LogP contribution >= 0.6 is 8.25 Å². The highest BCUT2D eigenvalue weighted by Crippen LogP contribution is 1.98. The van der Waals surface area contributed by atoms with E-state index in [-0.39, 0.29) is 0 Å². The molecule has 0 aliphatic carbocycles. The van der Waals surface area contributed by atoms with E-state index in [9.17, 15) is 0 Å². The van der Waals surface area contributed by atoms with Gasteiger partial charge in [-0.15, -0.1) is 9.79 Å². The van der Waals surface area contributed by atoms with E-state index >= 15 is 0 Å². The van der Waals surface area contributed by atoms with Gasteiger partial charge in [0.1, 0.15) is 0 Å². The van der Waals surface area contributed by atoms with Gasteiger partial charge in [0.15, 0.2) is 0 Å². The third-order valence-corrected chi connectivity index (χ3v) is 1.43. The average molecular weight is 419 g/mol. The standard InChI is InChI=1S/3C4H4N2.H2O4S.HO3P/c3*1-2-6-4-3-5-1;1-5(2,3)4;1-4(2)3/h3*1-4H;(H2,1,2,3,4);(H-,1,2,3)/p+1. The van der Waals surface area contributed by atoms with Gasteiger partial charge in [0.05, 0.1) is 0 Å². The van der Waals surface area contributed by atoms with E-state index in [0.717, 1.165) is 0 Å². The van der Waals surface area contributed by atoms with Crippen LogP contribution in [0.5, 0.6) is 0 Å². The molecule has 0 atom stereocenters. The Labute approximate surface area is 155 Å². The van der Waals surface area contributed by atoms with Gasteiger partial charge in [-0.2, -0.15) is 8.42 Å². The third kappa shape index (κ3) is 45.1. The van der Waals surface area contributed by atoms with E-state index in [0.29, 0.717) is 0 Å². The van der Waals surface area contributed by atoms with Gasteiger partial charge >= 0.3 is 18.7 Å². The van der Waals surface area contributed by atoms with E-state index < -0.39 is 18.7 Å². The fourth-order valence-corrected chi connectivity index (χ4v) is 0.760. The quantitative estimate of drug-likeness (QED) is 0.287. The maximum Gasteiger partial charge on any atom is 0.692 e. The Hall–Kier alpha value is -2.87. The molecule has 0 aromatic carbocycles. The van der Waals surface area contributed by atoms with Crippen molar-refractivity contribution >= 4 is 18.7 Å². The summed E-state index contributed by atoms with van der Waals surface area (Å²) in [6, 6.07) is 0. The molecule has 146 valence electrons. The minimum Gasteiger partial charge on any atom is -0.264 e. The van der Waals surface area contributed by atoms with E-state index in [4.69, 9.17) is 31.9 Å². The van der Waals surface area contributed by atoms with Crippen molar-refractivity contribution in [3.05, 3.63) is 74.4 Å². The van der Waals surface area contributed by atoms with Crippen LogP contribution in [0.2, 0.25) is 0 Å². The Morgan fingerprint density at radius 2 is 0.593 bits per heavy atom. The molecule has 0 aliphatic rings. The average Bonchev–Trinajstić information content (AvgIpc) is 2.65. The Bertz CT molecular complexity index is 605. The van der Waals surface area contributed by atoms with Crippen LogP contribution in [0, 0.1) is 0 Å². The second kappa shape index (κ2) is 19.5. The largest absolute Gasteiger partial charge is 0.692 e. The minimum atomic E-state index is -4.67. The summed E-state index contributed by atoms with van der Waals surface area (Å²) < 4.78 is 40.3. The topological polar surface area (TPSA) is 209 Å². The fourth-order valence-electron chi connectivity index (χ4n) is 0.760. The summed E-state index contributed by atoms with van der Waals surface area (Å²) >= 11 is 0. The van der Waals surface area contributed by atoms with Crippen LogP contribution in [0.25, 0.3) is 0 Å². The number of aromatic nitrogens is 6. The number of hydrogen-bond donors (Lipinski definition) is 4. The molecule has 0 spiro atoms. The van der Waals surface area contributed by atoms with Crippen LogP contribution in [0.4, 0.5) is 0 Å². The van der Waals surface area contributed by atoms with Gasteiger partial charge in [0, 0.05) is 78.9 Å². The van der Waals surface area contributed by atoms with Crippen molar-refractivity contribution in [3.8, 4) is 0 Å². The summed E-state index contributed by atoms with van der Waals surface area (Å²) in [5, 5.41) is 0. The van der Waals surface area contributed by atoms with Crippen LogP contribution in [-0.2, 0) is 15.0 Å². The van der Waals surface area contributed by atoms with Crippen molar-refractivity contribution in [1.82, 2.24) is 29.9 Å². The molecule has 0 fully saturated rings. The molecule has 3 aromatic heterocycles. The molecule has 27 heavy (non-hydrogen) atoms. The zero-order valence-corrected chi connectivity index (χ0v) is 15.2. The van der Waals surface area contributed by atoms with E-state index in [1.807, 2.05) is 0 Å². The zero-order valence-electron chi connectivity index (χ0n) is 13.5. The van der Waals surface area contributed by atoms with E-state index in [1.165, 1.54) is 0 Å². The van der Waals surface area contributed by atoms with Crippen molar-refractivity contribution < 1.29 is 31.9 Å². The Morgan fingerprint density at radius 3 is 0.630 bits per heavy atom. The summed E-state index contributed by atoms with van der Waals surface area (Å²) in [5.41, 5.74) is 0. The first-order valence-electron chi connectivity index (χ1n) is 6.38. The lowest BCUT2D eigenvalue weighted by atomic mass is 10.8. The molecular weight excluding hydrogens is 403 g/mol. The first-order chi connectivity index (χ1) is 12.7. The van der Waals surface area contributed by atoms with Crippen LogP contribution in [0.15, 0.2) is 74.4 Å². The normalized spacial score (nSPS) is 8.44. The van der Waals surface area contributed by atoms with Crippen molar-refractivity contribution in [2.75, 3.05) is 0 Å². The second-order valence-corrected chi connectivity index (χ2v) is 4.79. The maximum atomic E-state index is 8.74. The number of nitrogens with zero attached hydrogens (tertiary/aromatic N) is 6. The molecule has 3 heterocycles. The summed E-state index contributed by atoms with van der Waals surface area (Å²) in [6.07, 6.45) is 19.7. The van der Waals surface area contributed by atoms with Gasteiger partial charge in [-0.1, -0.05) is 0 Å². The Kier molecular flexibility index (Phi) is 19.0. The van der Waals surface area contributed by atoms with E-state index in [2.05, 4.69) is 29.9 Å². The maximum absolute atomic E-state index is 8.74. The molecule has 3 aromatic rings. The van der Waals surface area contributed by atoms with Crippen molar-refractivity contribution in [3.63, 3.8) is 0 Å². The van der Waals surface area contributed by atoms with Crippen molar-refractivity contribution in [1.29, 1.82) is 0 Å². The monoisotopic (exact) mass is 419 g/mol.